The molecule has 7 heteroatoms. The lowest BCUT2D eigenvalue weighted by Gasteiger charge is -2.29. The summed E-state index contributed by atoms with van der Waals surface area (Å²) in [4.78, 5) is 27.3. The molecule has 0 radical (unpaired) electrons. The van der Waals surface area contributed by atoms with Gasteiger partial charge in [0.15, 0.2) is 0 Å². The van der Waals surface area contributed by atoms with Crippen molar-refractivity contribution < 1.29 is 19.1 Å². The lowest BCUT2D eigenvalue weighted by atomic mass is 10.1. The molecule has 174 valence electrons. The van der Waals surface area contributed by atoms with E-state index < -0.39 is 6.04 Å². The number of carbonyl (C=O) groups excluding carboxylic acids is 2. The third kappa shape index (κ3) is 8.08. The molecular weight excluding hydrogens is 428 g/mol. The van der Waals surface area contributed by atoms with Crippen molar-refractivity contribution in [2.24, 2.45) is 5.92 Å². The predicted molar refractivity (Wildman–Crippen MR) is 127 cm³/mol. The number of ether oxygens (including phenoxy) is 2. The van der Waals surface area contributed by atoms with Crippen LogP contribution in [0.15, 0.2) is 48.5 Å². The van der Waals surface area contributed by atoms with Gasteiger partial charge in [0.05, 0.1) is 13.7 Å². The van der Waals surface area contributed by atoms with Gasteiger partial charge in [0.25, 0.3) is 0 Å². The monoisotopic (exact) mass is 460 g/mol. The maximum absolute atomic E-state index is 13.1. The number of hydrogen-bond acceptors (Lipinski definition) is 4. The third-order valence-electron chi connectivity index (χ3n) is 5.01. The maximum atomic E-state index is 13.1. The molecule has 2 aromatic carbocycles. The Morgan fingerprint density at radius 1 is 1.03 bits per heavy atom. The fraction of sp³-hybridized carbons (Fsp3) is 0.440. The number of rotatable bonds is 12. The molecule has 0 aliphatic carbocycles. The van der Waals surface area contributed by atoms with Crippen LogP contribution in [0, 0.1) is 5.92 Å². The second-order valence-corrected chi connectivity index (χ2v) is 8.46. The minimum atomic E-state index is -0.611. The third-order valence-corrected chi connectivity index (χ3v) is 5.38. The molecule has 32 heavy (non-hydrogen) atoms. The van der Waals surface area contributed by atoms with E-state index in [-0.39, 0.29) is 24.8 Å². The molecule has 0 aliphatic rings. The van der Waals surface area contributed by atoms with Crippen molar-refractivity contribution >= 4 is 23.4 Å². The second kappa shape index (κ2) is 13.0. The van der Waals surface area contributed by atoms with Gasteiger partial charge in [-0.3, -0.25) is 9.59 Å². The number of methoxy groups -OCH3 is 1. The second-order valence-electron chi connectivity index (χ2n) is 8.06. The molecule has 0 saturated carbocycles. The van der Waals surface area contributed by atoms with Crippen LogP contribution in [0.5, 0.6) is 11.5 Å². The Morgan fingerprint density at radius 3 is 2.31 bits per heavy atom. The van der Waals surface area contributed by atoms with Crippen LogP contribution in [0.3, 0.4) is 0 Å². The molecule has 0 saturated heterocycles. The van der Waals surface area contributed by atoms with E-state index in [1.807, 2.05) is 56.3 Å². The van der Waals surface area contributed by atoms with E-state index in [2.05, 4.69) is 5.32 Å². The lowest BCUT2D eigenvalue weighted by molar-refractivity contribution is -0.140. The highest BCUT2D eigenvalue weighted by atomic mass is 35.5. The number of carbonyl (C=O) groups is 2. The number of nitrogens with zero attached hydrogens (tertiary/aromatic N) is 1. The molecule has 0 fully saturated rings. The summed E-state index contributed by atoms with van der Waals surface area (Å²) >= 11 is 6.31. The zero-order chi connectivity index (χ0) is 23.5. The van der Waals surface area contributed by atoms with Gasteiger partial charge in [-0.15, -0.1) is 0 Å². The Hall–Kier alpha value is -2.73. The minimum Gasteiger partial charge on any atom is -0.497 e. The summed E-state index contributed by atoms with van der Waals surface area (Å²) in [5, 5.41) is 3.49. The van der Waals surface area contributed by atoms with Gasteiger partial charge in [-0.2, -0.15) is 0 Å². The molecular formula is C25H33ClN2O4. The van der Waals surface area contributed by atoms with E-state index in [0.717, 1.165) is 11.3 Å². The van der Waals surface area contributed by atoms with Gasteiger partial charge in [0, 0.05) is 24.5 Å². The quantitative estimate of drug-likeness (QED) is 0.466. The van der Waals surface area contributed by atoms with Crippen LogP contribution >= 0.6 is 11.6 Å². The summed E-state index contributed by atoms with van der Waals surface area (Å²) < 4.78 is 10.9. The Bertz CT molecular complexity index is 871. The number of benzene rings is 2. The maximum Gasteiger partial charge on any atom is 0.242 e. The lowest BCUT2D eigenvalue weighted by Crippen LogP contribution is -2.48. The van der Waals surface area contributed by atoms with Gasteiger partial charge >= 0.3 is 0 Å². The van der Waals surface area contributed by atoms with E-state index in [1.54, 1.807) is 25.0 Å². The molecule has 6 nitrogen and oxygen atoms in total. The first-order valence-electron chi connectivity index (χ1n) is 10.9. The van der Waals surface area contributed by atoms with Crippen LogP contribution in [0.1, 0.15) is 39.2 Å². The van der Waals surface area contributed by atoms with Gasteiger partial charge in [-0.25, -0.2) is 0 Å². The average molecular weight is 461 g/mol. The molecule has 0 aliphatic heterocycles. The van der Waals surface area contributed by atoms with E-state index in [9.17, 15) is 9.59 Å². The van der Waals surface area contributed by atoms with Crippen LogP contribution in [0.2, 0.25) is 5.02 Å². The summed E-state index contributed by atoms with van der Waals surface area (Å²) in [6, 6.07) is 14.0. The van der Waals surface area contributed by atoms with Crippen molar-refractivity contribution in [2.45, 2.75) is 46.2 Å². The van der Waals surface area contributed by atoms with Gasteiger partial charge in [0.1, 0.15) is 17.5 Å². The molecule has 1 unspecified atom stereocenters. The molecule has 0 spiro atoms. The first-order chi connectivity index (χ1) is 15.3. The average Bonchev–Trinajstić information content (AvgIpc) is 2.79. The van der Waals surface area contributed by atoms with Crippen LogP contribution in [-0.2, 0) is 16.1 Å². The van der Waals surface area contributed by atoms with E-state index >= 15 is 0 Å². The van der Waals surface area contributed by atoms with Gasteiger partial charge < -0.3 is 19.7 Å². The molecule has 0 heterocycles. The van der Waals surface area contributed by atoms with Crippen molar-refractivity contribution in [3.8, 4) is 11.5 Å². The summed E-state index contributed by atoms with van der Waals surface area (Å²) in [6.07, 6.45) is 0.798. The van der Waals surface area contributed by atoms with Crippen molar-refractivity contribution in [3.05, 3.63) is 59.1 Å². The summed E-state index contributed by atoms with van der Waals surface area (Å²) in [5.41, 5.74) is 0.806. The van der Waals surface area contributed by atoms with E-state index in [1.165, 1.54) is 0 Å². The highest BCUT2D eigenvalue weighted by Crippen LogP contribution is 2.20. The van der Waals surface area contributed by atoms with Crippen molar-refractivity contribution in [1.82, 2.24) is 10.2 Å². The van der Waals surface area contributed by atoms with Crippen molar-refractivity contribution in [1.29, 1.82) is 0 Å². The van der Waals surface area contributed by atoms with Crippen molar-refractivity contribution in [2.75, 3.05) is 20.3 Å². The standard InChI is InChI=1S/C25H33ClN2O4/c1-18(2)16-27-25(30)19(3)28(17-20-8-5-6-9-23(20)26)24(29)10-7-15-32-22-13-11-21(31-4)12-14-22/h5-6,8-9,11-14,18-19H,7,10,15-17H2,1-4H3,(H,27,30). The SMILES string of the molecule is COc1ccc(OCCCC(=O)N(Cc2ccccc2Cl)C(C)C(=O)NCC(C)C)cc1. The van der Waals surface area contributed by atoms with Crippen molar-refractivity contribution in [3.63, 3.8) is 0 Å². The normalized spacial score (nSPS) is 11.7. The number of halogens is 1. The minimum absolute atomic E-state index is 0.115. The number of hydrogen-bond donors (Lipinski definition) is 1. The highest BCUT2D eigenvalue weighted by Gasteiger charge is 2.26. The first kappa shape index (κ1) is 25.5. The molecule has 2 rings (SSSR count). The Morgan fingerprint density at radius 2 is 1.69 bits per heavy atom. The molecule has 1 N–H and O–H groups in total. The Balaban J connectivity index is 1.98. The van der Waals surface area contributed by atoms with Gasteiger partial charge in [-0.1, -0.05) is 43.6 Å². The fourth-order valence-electron chi connectivity index (χ4n) is 3.07. The van der Waals surface area contributed by atoms with E-state index in [0.29, 0.717) is 36.3 Å². The zero-order valence-electron chi connectivity index (χ0n) is 19.3. The molecule has 0 aromatic heterocycles. The molecule has 2 aromatic rings. The summed E-state index contributed by atoms with van der Waals surface area (Å²) in [5.74, 6) is 1.51. The highest BCUT2D eigenvalue weighted by molar-refractivity contribution is 6.31. The van der Waals surface area contributed by atoms with Gasteiger partial charge in [-0.05, 0) is 55.2 Å². The van der Waals surface area contributed by atoms with Crippen LogP contribution in [-0.4, -0.2) is 43.0 Å². The Kier molecular flexibility index (Phi) is 10.3. The predicted octanol–water partition coefficient (Wildman–Crippen LogP) is 4.70. The van der Waals surface area contributed by atoms with Crippen LogP contribution < -0.4 is 14.8 Å². The van der Waals surface area contributed by atoms with Crippen LogP contribution in [0.25, 0.3) is 0 Å². The first-order valence-corrected chi connectivity index (χ1v) is 11.3. The smallest absolute Gasteiger partial charge is 0.242 e. The zero-order valence-corrected chi connectivity index (χ0v) is 20.0. The van der Waals surface area contributed by atoms with Crippen LogP contribution in [0.4, 0.5) is 0 Å². The number of amides is 2. The molecule has 1 atom stereocenters. The molecule has 2 amide bonds. The largest absolute Gasteiger partial charge is 0.497 e. The Labute approximate surface area is 195 Å². The summed E-state index contributed by atoms with van der Waals surface area (Å²) in [7, 11) is 1.61. The fourth-order valence-corrected chi connectivity index (χ4v) is 3.27. The van der Waals surface area contributed by atoms with Gasteiger partial charge in [0.2, 0.25) is 11.8 Å². The summed E-state index contributed by atoms with van der Waals surface area (Å²) in [6.45, 7) is 7.03. The molecule has 0 bridgehead atoms. The topological polar surface area (TPSA) is 67.9 Å². The van der Waals surface area contributed by atoms with E-state index in [4.69, 9.17) is 21.1 Å². The number of nitrogens with one attached hydrogen (secondary N) is 1.